The third kappa shape index (κ3) is 3.93. The smallest absolute Gasteiger partial charge is 0.408 e. The van der Waals surface area contributed by atoms with Crippen molar-refractivity contribution >= 4 is 23.4 Å². The summed E-state index contributed by atoms with van der Waals surface area (Å²) in [7, 11) is 1.38. The van der Waals surface area contributed by atoms with Gasteiger partial charge in [0.25, 0.3) is 5.91 Å². The summed E-state index contributed by atoms with van der Waals surface area (Å²) in [5.74, 6) is 5.92. The summed E-state index contributed by atoms with van der Waals surface area (Å²) in [6.07, 6.45) is 4.52. The number of carbonyl (C=O) groups is 2. The maximum absolute atomic E-state index is 14.4. The number of rotatable bonds is 4. The number of ether oxygens (including phenoxy) is 1. The average molecular weight is 502 g/mol. The number of nitrogens with one attached hydrogen (secondary N) is 3. The molecular formula is C27H24FN5O4. The number of hydrogen-bond acceptors (Lipinski definition) is 5. The van der Waals surface area contributed by atoms with Gasteiger partial charge in [0.15, 0.2) is 11.6 Å². The zero-order valence-corrected chi connectivity index (χ0v) is 20.0. The Morgan fingerprint density at radius 2 is 2.19 bits per heavy atom. The van der Waals surface area contributed by atoms with Crippen LogP contribution >= 0.6 is 0 Å². The number of halogens is 1. The van der Waals surface area contributed by atoms with E-state index in [0.29, 0.717) is 52.6 Å². The minimum absolute atomic E-state index is 0.0305. The summed E-state index contributed by atoms with van der Waals surface area (Å²) in [4.78, 5) is 33.7. The van der Waals surface area contributed by atoms with E-state index in [2.05, 4.69) is 32.4 Å². The van der Waals surface area contributed by atoms with Crippen LogP contribution in [-0.2, 0) is 6.42 Å². The molecule has 10 heteroatoms. The lowest BCUT2D eigenvalue weighted by atomic mass is 10.0. The van der Waals surface area contributed by atoms with E-state index in [1.165, 1.54) is 18.1 Å². The number of piperidine rings is 1. The van der Waals surface area contributed by atoms with Crippen molar-refractivity contribution in [2.75, 3.05) is 19.0 Å². The highest BCUT2D eigenvalue weighted by Crippen LogP contribution is 2.47. The monoisotopic (exact) mass is 501 g/mol. The number of anilines is 2. The third-order valence-electron chi connectivity index (χ3n) is 7.19. The van der Waals surface area contributed by atoms with Crippen LogP contribution in [0.5, 0.6) is 5.75 Å². The number of carbonyl (C=O) groups excluding carboxylic acids is 1. The number of benzene rings is 1. The van der Waals surface area contributed by atoms with Gasteiger partial charge in [0, 0.05) is 42.7 Å². The standard InChI is InChI=1S/C27H24FN5O4/c1-37-25-18(28)3-2-4-20(25)32-24-22-19(8-10-30-26(22)34)31-23(24)17-7-9-29-13-14(17)5-6-16-11-15-12-21(15)33(16)27(35)36/h2-4,7,9,13,15-16,21,31-32H,8,10-12H2,1H3,(H,30,34)(H,35,36)/t15-,16+,21+/m1/s1. The lowest BCUT2D eigenvalue weighted by molar-refractivity contribution is 0.0946. The maximum Gasteiger partial charge on any atom is 0.408 e. The number of amides is 2. The molecule has 1 saturated carbocycles. The molecule has 0 unspecified atom stereocenters. The highest BCUT2D eigenvalue weighted by Gasteiger charge is 2.53. The number of likely N-dealkylation sites (tertiary alicyclic amines) is 1. The molecule has 1 aromatic carbocycles. The van der Waals surface area contributed by atoms with Gasteiger partial charge in [-0.05, 0) is 37.0 Å². The minimum atomic E-state index is -0.950. The molecule has 0 bridgehead atoms. The number of pyridine rings is 1. The summed E-state index contributed by atoms with van der Waals surface area (Å²) in [5, 5.41) is 15.7. The van der Waals surface area contributed by atoms with Crippen molar-refractivity contribution in [3.05, 3.63) is 59.3 Å². The molecule has 4 heterocycles. The molecule has 2 aromatic heterocycles. The van der Waals surface area contributed by atoms with Gasteiger partial charge in [0.2, 0.25) is 0 Å². The van der Waals surface area contributed by atoms with E-state index in [4.69, 9.17) is 4.74 Å². The van der Waals surface area contributed by atoms with Gasteiger partial charge >= 0.3 is 6.09 Å². The van der Waals surface area contributed by atoms with Crippen molar-refractivity contribution in [3.63, 3.8) is 0 Å². The molecule has 0 radical (unpaired) electrons. The molecule has 2 fully saturated rings. The third-order valence-corrected chi connectivity index (χ3v) is 7.19. The second-order valence-electron chi connectivity index (χ2n) is 9.38. The first-order valence-corrected chi connectivity index (χ1v) is 12.1. The fourth-order valence-corrected chi connectivity index (χ4v) is 5.39. The van der Waals surface area contributed by atoms with Crippen LogP contribution in [0.2, 0.25) is 0 Å². The predicted octanol–water partition coefficient (Wildman–Crippen LogP) is 3.75. The van der Waals surface area contributed by atoms with Crippen molar-refractivity contribution in [1.82, 2.24) is 20.2 Å². The Balaban J connectivity index is 1.44. The summed E-state index contributed by atoms with van der Waals surface area (Å²) in [6.45, 7) is 0.493. The number of H-pyrrole nitrogens is 1. The number of hydrogen-bond donors (Lipinski definition) is 4. The quantitative estimate of drug-likeness (QED) is 0.405. The lowest BCUT2D eigenvalue weighted by Crippen LogP contribution is -2.36. The SMILES string of the molecule is COc1c(F)cccc1Nc1c(-c2ccncc2C#C[C@H]2C[C@@H]3C[C@@H]3N2C(=O)O)[nH]c2c1C(=O)NCC2. The van der Waals surface area contributed by atoms with Crippen molar-refractivity contribution in [1.29, 1.82) is 0 Å². The Hall–Kier alpha value is -4.52. The summed E-state index contributed by atoms with van der Waals surface area (Å²) in [5.41, 5.74) is 3.91. The highest BCUT2D eigenvalue weighted by atomic mass is 19.1. The van der Waals surface area contributed by atoms with Crippen molar-refractivity contribution in [2.45, 2.75) is 31.3 Å². The Morgan fingerprint density at radius 1 is 1.32 bits per heavy atom. The Bertz CT molecular complexity index is 1490. The molecule has 3 aromatic rings. The Labute approximate surface area is 212 Å². The van der Waals surface area contributed by atoms with E-state index in [1.54, 1.807) is 30.6 Å². The molecule has 37 heavy (non-hydrogen) atoms. The first-order valence-electron chi connectivity index (χ1n) is 12.1. The second-order valence-corrected chi connectivity index (χ2v) is 9.38. The fraction of sp³-hybridized carbons (Fsp3) is 0.296. The molecule has 188 valence electrons. The van der Waals surface area contributed by atoms with Gasteiger partial charge in [-0.25, -0.2) is 9.18 Å². The van der Waals surface area contributed by atoms with E-state index in [1.807, 2.05) is 0 Å². The largest absolute Gasteiger partial charge is 0.492 e. The maximum atomic E-state index is 14.4. The van der Waals surface area contributed by atoms with Crippen LogP contribution in [0.3, 0.4) is 0 Å². The van der Waals surface area contributed by atoms with E-state index < -0.39 is 11.9 Å². The number of carboxylic acid groups (broad SMARTS) is 1. The molecule has 6 rings (SSSR count). The summed E-state index contributed by atoms with van der Waals surface area (Å²) >= 11 is 0. The minimum Gasteiger partial charge on any atom is -0.492 e. The molecular weight excluding hydrogens is 477 g/mol. The van der Waals surface area contributed by atoms with Gasteiger partial charge in [-0.3, -0.25) is 14.7 Å². The van der Waals surface area contributed by atoms with Crippen LogP contribution in [-0.4, -0.2) is 57.7 Å². The summed E-state index contributed by atoms with van der Waals surface area (Å²) < 4.78 is 19.7. The molecule has 1 aliphatic carbocycles. The van der Waals surface area contributed by atoms with Crippen LogP contribution < -0.4 is 15.4 Å². The highest BCUT2D eigenvalue weighted by molar-refractivity contribution is 6.06. The van der Waals surface area contributed by atoms with Gasteiger partial charge in [-0.2, -0.15) is 0 Å². The molecule has 2 amide bonds. The molecule has 1 saturated heterocycles. The van der Waals surface area contributed by atoms with E-state index in [-0.39, 0.29) is 23.7 Å². The second kappa shape index (κ2) is 8.85. The number of fused-ring (bicyclic) bond motifs is 2. The first kappa shape index (κ1) is 22.9. The van der Waals surface area contributed by atoms with Gasteiger partial charge in [-0.15, -0.1) is 0 Å². The van der Waals surface area contributed by atoms with Crippen LogP contribution in [0.25, 0.3) is 11.3 Å². The first-order chi connectivity index (χ1) is 18.0. The Kier molecular flexibility index (Phi) is 5.48. The fourth-order valence-electron chi connectivity index (χ4n) is 5.39. The van der Waals surface area contributed by atoms with E-state index in [0.717, 1.165) is 18.5 Å². The van der Waals surface area contributed by atoms with Gasteiger partial charge in [0.1, 0.15) is 0 Å². The molecule has 3 aliphatic rings. The number of aromatic amines is 1. The number of para-hydroxylation sites is 1. The van der Waals surface area contributed by atoms with Crippen LogP contribution in [0.4, 0.5) is 20.6 Å². The van der Waals surface area contributed by atoms with E-state index in [9.17, 15) is 19.1 Å². The zero-order valence-electron chi connectivity index (χ0n) is 20.0. The van der Waals surface area contributed by atoms with Crippen molar-refractivity contribution in [3.8, 4) is 28.8 Å². The lowest BCUT2D eigenvalue weighted by Gasteiger charge is -2.19. The van der Waals surface area contributed by atoms with Gasteiger partial charge < -0.3 is 25.5 Å². The molecule has 3 atom stereocenters. The van der Waals surface area contributed by atoms with Crippen LogP contribution in [0.15, 0.2) is 36.7 Å². The number of aromatic nitrogens is 2. The average Bonchev–Trinajstić information content (AvgIpc) is 3.38. The van der Waals surface area contributed by atoms with Crippen LogP contribution in [0.1, 0.15) is 34.5 Å². The molecule has 2 aliphatic heterocycles. The zero-order chi connectivity index (χ0) is 25.7. The van der Waals surface area contributed by atoms with Crippen molar-refractivity contribution in [2.24, 2.45) is 5.92 Å². The molecule has 9 nitrogen and oxygen atoms in total. The van der Waals surface area contributed by atoms with Crippen LogP contribution in [0, 0.1) is 23.6 Å². The molecule has 4 N–H and O–H groups in total. The predicted molar refractivity (Wildman–Crippen MR) is 133 cm³/mol. The number of methoxy groups -OCH3 is 1. The van der Waals surface area contributed by atoms with Crippen molar-refractivity contribution < 1.29 is 23.8 Å². The van der Waals surface area contributed by atoms with Gasteiger partial charge in [0.05, 0.1) is 41.3 Å². The Morgan fingerprint density at radius 3 is 3.00 bits per heavy atom. The van der Waals surface area contributed by atoms with E-state index >= 15 is 0 Å². The molecule has 0 spiro atoms. The van der Waals surface area contributed by atoms with Gasteiger partial charge in [-0.1, -0.05) is 17.9 Å². The summed E-state index contributed by atoms with van der Waals surface area (Å²) in [6, 6.07) is 6.01. The normalized spacial score (nSPS) is 21.3. The topological polar surface area (TPSA) is 120 Å². The number of nitrogens with zero attached hydrogens (tertiary/aromatic N) is 2.